The van der Waals surface area contributed by atoms with Gasteiger partial charge in [-0.05, 0) is 86.7 Å². The Labute approximate surface area is 253 Å². The Bertz CT molecular complexity index is 1460. The van der Waals surface area contributed by atoms with Crippen LogP contribution < -0.4 is 20.4 Å². The molecule has 1 aliphatic rings. The molecule has 12 heteroatoms. The van der Waals surface area contributed by atoms with E-state index in [4.69, 9.17) is 27.9 Å². The molecule has 4 aromatic rings. The van der Waals surface area contributed by atoms with Gasteiger partial charge in [-0.25, -0.2) is 5.43 Å². The van der Waals surface area contributed by atoms with Crippen molar-refractivity contribution in [2.45, 2.75) is 19.4 Å². The van der Waals surface area contributed by atoms with Crippen LogP contribution in [0, 0.1) is 0 Å². The van der Waals surface area contributed by atoms with E-state index < -0.39 is 0 Å². The van der Waals surface area contributed by atoms with Crippen molar-refractivity contribution in [3.63, 3.8) is 0 Å². The van der Waals surface area contributed by atoms with Gasteiger partial charge in [-0.1, -0.05) is 47.5 Å². The van der Waals surface area contributed by atoms with Crippen LogP contribution >= 0.6 is 55.1 Å². The van der Waals surface area contributed by atoms with Crippen LogP contribution in [0.25, 0.3) is 0 Å². The molecule has 3 aromatic carbocycles. The molecular weight excluding hydrogens is 669 g/mol. The number of nitrogens with one attached hydrogen (secondary N) is 2. The van der Waals surface area contributed by atoms with Gasteiger partial charge in [0, 0.05) is 34.4 Å². The summed E-state index contributed by atoms with van der Waals surface area (Å²) in [6.45, 7) is 2.12. The van der Waals surface area contributed by atoms with Crippen LogP contribution in [0.1, 0.15) is 24.0 Å². The van der Waals surface area contributed by atoms with Crippen molar-refractivity contribution in [1.82, 2.24) is 15.0 Å². The molecule has 39 heavy (non-hydrogen) atoms. The Hall–Kier alpha value is -2.92. The van der Waals surface area contributed by atoms with E-state index >= 15 is 0 Å². The maximum atomic E-state index is 6.27. The van der Waals surface area contributed by atoms with E-state index in [9.17, 15) is 0 Å². The summed E-state index contributed by atoms with van der Waals surface area (Å²) in [7, 11) is 0. The first-order chi connectivity index (χ1) is 18.9. The molecule has 0 radical (unpaired) electrons. The van der Waals surface area contributed by atoms with E-state index in [-0.39, 0.29) is 0 Å². The number of hydrazone groups is 1. The first-order valence-electron chi connectivity index (χ1n) is 12.1. The largest absolute Gasteiger partial charge is 0.486 e. The fourth-order valence-corrected chi connectivity index (χ4v) is 5.84. The summed E-state index contributed by atoms with van der Waals surface area (Å²) in [5.41, 5.74) is 5.50. The third-order valence-electron chi connectivity index (χ3n) is 5.83. The van der Waals surface area contributed by atoms with Crippen molar-refractivity contribution >= 4 is 84.8 Å². The Morgan fingerprint density at radius 2 is 1.64 bits per heavy atom. The van der Waals surface area contributed by atoms with Gasteiger partial charge < -0.3 is 15.0 Å². The highest BCUT2D eigenvalue weighted by Crippen LogP contribution is 2.35. The molecule has 8 nitrogen and oxygen atoms in total. The summed E-state index contributed by atoms with van der Waals surface area (Å²) >= 11 is 19.4. The summed E-state index contributed by atoms with van der Waals surface area (Å²) in [6, 6.07) is 18.9. The third kappa shape index (κ3) is 7.39. The number of nitrogens with zero attached hydrogens (tertiary/aromatic N) is 5. The highest BCUT2D eigenvalue weighted by atomic mass is 79.9. The van der Waals surface area contributed by atoms with Crippen LogP contribution in [0.4, 0.5) is 23.5 Å². The van der Waals surface area contributed by atoms with E-state index in [0.29, 0.717) is 40.2 Å². The average molecular weight is 692 g/mol. The van der Waals surface area contributed by atoms with E-state index in [1.165, 1.54) is 0 Å². The first kappa shape index (κ1) is 27.6. The summed E-state index contributed by atoms with van der Waals surface area (Å²) in [6.07, 6.45) is 3.91. The summed E-state index contributed by atoms with van der Waals surface area (Å²) in [4.78, 5) is 15.9. The number of aromatic nitrogens is 3. The van der Waals surface area contributed by atoms with Crippen molar-refractivity contribution in [3.05, 3.63) is 90.8 Å². The number of ether oxygens (including phenoxy) is 1. The van der Waals surface area contributed by atoms with Crippen molar-refractivity contribution in [2.24, 2.45) is 5.10 Å². The van der Waals surface area contributed by atoms with Gasteiger partial charge in [0.2, 0.25) is 17.8 Å². The van der Waals surface area contributed by atoms with Crippen molar-refractivity contribution in [1.29, 1.82) is 0 Å². The molecule has 0 spiro atoms. The monoisotopic (exact) mass is 689 g/mol. The van der Waals surface area contributed by atoms with Gasteiger partial charge in [-0.3, -0.25) is 0 Å². The number of para-hydroxylation sites is 1. The first-order valence-corrected chi connectivity index (χ1v) is 14.5. The van der Waals surface area contributed by atoms with Crippen LogP contribution in [-0.2, 0) is 6.61 Å². The van der Waals surface area contributed by atoms with Gasteiger partial charge in [0.1, 0.15) is 12.4 Å². The lowest BCUT2D eigenvalue weighted by atomic mass is 10.2. The molecular formula is C27H23Br2Cl2N7O. The minimum atomic E-state index is 0.292. The second-order valence-corrected chi connectivity index (χ2v) is 11.2. The number of halogens is 4. The zero-order valence-electron chi connectivity index (χ0n) is 20.5. The molecule has 2 N–H and O–H groups in total. The molecule has 0 amide bonds. The molecule has 0 saturated carbocycles. The van der Waals surface area contributed by atoms with Crippen molar-refractivity contribution in [3.8, 4) is 5.75 Å². The molecule has 2 heterocycles. The predicted octanol–water partition coefficient (Wildman–Crippen LogP) is 8.07. The Morgan fingerprint density at radius 3 is 2.36 bits per heavy atom. The van der Waals surface area contributed by atoms with Gasteiger partial charge in [-0.2, -0.15) is 20.1 Å². The molecule has 1 fully saturated rings. The molecule has 0 bridgehead atoms. The molecule has 1 aliphatic heterocycles. The second kappa shape index (κ2) is 13.0. The molecule has 0 aliphatic carbocycles. The van der Waals surface area contributed by atoms with E-state index in [0.717, 1.165) is 51.7 Å². The fourth-order valence-electron chi connectivity index (χ4n) is 3.92. The van der Waals surface area contributed by atoms with Gasteiger partial charge >= 0.3 is 0 Å². The van der Waals surface area contributed by atoms with Crippen LogP contribution in [-0.4, -0.2) is 34.3 Å². The highest BCUT2D eigenvalue weighted by Gasteiger charge is 2.17. The number of rotatable bonds is 9. The molecule has 5 rings (SSSR count). The molecule has 1 saturated heterocycles. The van der Waals surface area contributed by atoms with Crippen LogP contribution in [0.5, 0.6) is 5.75 Å². The Balaban J connectivity index is 1.29. The fraction of sp³-hybridized carbons (Fsp3) is 0.185. The van der Waals surface area contributed by atoms with Gasteiger partial charge in [0.05, 0.1) is 15.2 Å². The van der Waals surface area contributed by atoms with Gasteiger partial charge in [-0.15, -0.1) is 0 Å². The topological polar surface area (TPSA) is 87.6 Å². The van der Waals surface area contributed by atoms with Crippen LogP contribution in [0.3, 0.4) is 0 Å². The zero-order chi connectivity index (χ0) is 27.2. The molecule has 0 unspecified atom stereocenters. The number of hydrogen-bond acceptors (Lipinski definition) is 8. The standard InChI is InChI=1S/C27H23Br2Cl2N7O/c28-21-12-17(13-22(29)24(21)39-16-18-8-9-19(30)14-23(18)31)15-32-37-26-34-25(33-20-6-2-1-3-7-20)35-27(36-26)38-10-4-5-11-38/h1-3,6-9,12-15H,4-5,10-11,16H2,(H2,33,34,35,36,37)/b32-15+. The van der Waals surface area contributed by atoms with Gasteiger partial charge in [0.15, 0.2) is 0 Å². The van der Waals surface area contributed by atoms with E-state index in [1.807, 2.05) is 48.5 Å². The summed E-state index contributed by atoms with van der Waals surface area (Å²) in [5.74, 6) is 2.06. The van der Waals surface area contributed by atoms with Crippen molar-refractivity contribution in [2.75, 3.05) is 28.7 Å². The minimum Gasteiger partial charge on any atom is -0.486 e. The number of hydrogen-bond donors (Lipinski definition) is 2. The predicted molar refractivity (Wildman–Crippen MR) is 165 cm³/mol. The number of anilines is 4. The Morgan fingerprint density at radius 1 is 0.923 bits per heavy atom. The maximum absolute atomic E-state index is 6.27. The normalized spacial score (nSPS) is 13.2. The number of benzene rings is 3. The van der Waals surface area contributed by atoms with Crippen LogP contribution in [0.15, 0.2) is 74.7 Å². The lowest BCUT2D eigenvalue weighted by molar-refractivity contribution is 0.302. The molecule has 1 aromatic heterocycles. The van der Waals surface area contributed by atoms with E-state index in [1.54, 1.807) is 18.3 Å². The Kier molecular flexibility index (Phi) is 9.18. The maximum Gasteiger partial charge on any atom is 0.250 e. The smallest absolute Gasteiger partial charge is 0.250 e. The quantitative estimate of drug-likeness (QED) is 0.136. The highest BCUT2D eigenvalue weighted by molar-refractivity contribution is 9.11. The van der Waals surface area contributed by atoms with Crippen molar-refractivity contribution < 1.29 is 4.74 Å². The average Bonchev–Trinajstić information content (AvgIpc) is 3.45. The lowest BCUT2D eigenvalue weighted by Gasteiger charge is -2.16. The third-order valence-corrected chi connectivity index (χ3v) is 7.59. The molecule has 200 valence electrons. The zero-order valence-corrected chi connectivity index (χ0v) is 25.2. The van der Waals surface area contributed by atoms with Gasteiger partial charge in [0.25, 0.3) is 0 Å². The SMILES string of the molecule is Clc1ccc(COc2c(Br)cc(/C=N/Nc3nc(Nc4ccccc4)nc(N4CCCC4)n3)cc2Br)c(Cl)c1. The molecule has 0 atom stereocenters. The second-order valence-electron chi connectivity index (χ2n) is 8.68. The minimum absolute atomic E-state index is 0.292. The van der Waals surface area contributed by atoms with Crippen LogP contribution in [0.2, 0.25) is 10.0 Å². The summed E-state index contributed by atoms with van der Waals surface area (Å²) in [5, 5.41) is 8.75. The van der Waals surface area contributed by atoms with E-state index in [2.05, 4.69) is 67.6 Å². The summed E-state index contributed by atoms with van der Waals surface area (Å²) < 4.78 is 7.52. The lowest BCUT2D eigenvalue weighted by Crippen LogP contribution is -2.21.